The second-order valence-corrected chi connectivity index (χ2v) is 4.91. The molecular weight excluding hydrogens is 273 g/mol. The monoisotopic (exact) mass is 283 g/mol. The van der Waals surface area contributed by atoms with Crippen LogP contribution in [0.15, 0.2) is 22.7 Å². The molecule has 1 aromatic carbocycles. The van der Waals surface area contributed by atoms with Crippen LogP contribution in [-0.4, -0.2) is 28.3 Å². The minimum absolute atomic E-state index is 0.146. The van der Waals surface area contributed by atoms with Gasteiger partial charge in [0.25, 0.3) is 5.89 Å². The number of rotatable bonds is 2. The zero-order chi connectivity index (χ0) is 13.5. The third-order valence-electron chi connectivity index (χ3n) is 3.13. The summed E-state index contributed by atoms with van der Waals surface area (Å²) < 4.78 is 18.1. The highest BCUT2D eigenvalue weighted by Gasteiger charge is 2.38. The molecule has 1 saturated heterocycles. The fraction of sp³-hybridized carbons (Fsp3) is 0.333. The molecule has 0 aliphatic carbocycles. The van der Waals surface area contributed by atoms with Gasteiger partial charge in [-0.3, -0.25) is 0 Å². The third kappa shape index (κ3) is 2.22. The molecule has 0 bridgehead atoms. The lowest BCUT2D eigenvalue weighted by Crippen LogP contribution is -2.28. The molecule has 5 nitrogen and oxygen atoms in total. The van der Waals surface area contributed by atoms with Crippen LogP contribution in [0.2, 0.25) is 5.02 Å². The number of halogens is 2. The van der Waals surface area contributed by atoms with Crippen LogP contribution in [-0.2, 0) is 5.60 Å². The Bertz CT molecular complexity index is 611. The summed E-state index contributed by atoms with van der Waals surface area (Å²) in [6.45, 7) is 1.05. The van der Waals surface area contributed by atoms with Gasteiger partial charge in [0.1, 0.15) is 5.82 Å². The molecule has 2 aromatic rings. The first-order valence-corrected chi connectivity index (χ1v) is 6.19. The van der Waals surface area contributed by atoms with Crippen molar-refractivity contribution >= 4 is 11.6 Å². The van der Waals surface area contributed by atoms with Crippen LogP contribution in [0.3, 0.4) is 0 Å². The maximum atomic E-state index is 13.0. The Kier molecular flexibility index (Phi) is 3.00. The van der Waals surface area contributed by atoms with Crippen LogP contribution in [0.4, 0.5) is 4.39 Å². The molecule has 19 heavy (non-hydrogen) atoms. The van der Waals surface area contributed by atoms with Crippen molar-refractivity contribution < 1.29 is 14.0 Å². The fourth-order valence-corrected chi connectivity index (χ4v) is 2.31. The van der Waals surface area contributed by atoms with Crippen molar-refractivity contribution in [2.75, 3.05) is 13.1 Å². The maximum absolute atomic E-state index is 13.0. The van der Waals surface area contributed by atoms with Gasteiger partial charge in [-0.2, -0.15) is 4.98 Å². The summed E-state index contributed by atoms with van der Waals surface area (Å²) in [6.07, 6.45) is 0.506. The van der Waals surface area contributed by atoms with Crippen molar-refractivity contribution in [3.8, 4) is 11.4 Å². The summed E-state index contributed by atoms with van der Waals surface area (Å²) >= 11 is 5.93. The van der Waals surface area contributed by atoms with Gasteiger partial charge < -0.3 is 14.9 Å². The van der Waals surface area contributed by atoms with Crippen molar-refractivity contribution in [3.63, 3.8) is 0 Å². The van der Waals surface area contributed by atoms with Crippen LogP contribution in [0.5, 0.6) is 0 Å². The van der Waals surface area contributed by atoms with E-state index in [1.807, 2.05) is 0 Å². The van der Waals surface area contributed by atoms with E-state index in [0.29, 0.717) is 25.1 Å². The molecule has 1 atom stereocenters. The SMILES string of the molecule is OC1(c2nc(-c3ccc(F)cc3Cl)no2)CCNC1. The Hall–Kier alpha value is -1.50. The second kappa shape index (κ2) is 4.56. The van der Waals surface area contributed by atoms with E-state index < -0.39 is 11.4 Å². The molecule has 1 fully saturated rings. The van der Waals surface area contributed by atoms with E-state index in [9.17, 15) is 9.50 Å². The number of β-amino-alcohol motifs (C(OH)–C–C–N with tert-alkyl or cyclic N) is 1. The van der Waals surface area contributed by atoms with Crippen LogP contribution >= 0.6 is 11.6 Å². The number of hydrogen-bond acceptors (Lipinski definition) is 5. The summed E-state index contributed by atoms with van der Waals surface area (Å²) in [6, 6.07) is 3.92. The lowest BCUT2D eigenvalue weighted by atomic mass is 10.0. The number of aliphatic hydroxyl groups is 1. The van der Waals surface area contributed by atoms with Gasteiger partial charge in [0.05, 0.1) is 5.02 Å². The average molecular weight is 284 g/mol. The summed E-state index contributed by atoms with van der Waals surface area (Å²) in [4.78, 5) is 4.15. The van der Waals surface area contributed by atoms with Crippen molar-refractivity contribution in [2.24, 2.45) is 0 Å². The third-order valence-corrected chi connectivity index (χ3v) is 3.44. The number of benzene rings is 1. The largest absolute Gasteiger partial charge is 0.379 e. The van der Waals surface area contributed by atoms with E-state index in [4.69, 9.17) is 16.1 Å². The quantitative estimate of drug-likeness (QED) is 0.878. The highest BCUT2D eigenvalue weighted by Crippen LogP contribution is 2.30. The zero-order valence-corrected chi connectivity index (χ0v) is 10.6. The van der Waals surface area contributed by atoms with Crippen molar-refractivity contribution in [1.82, 2.24) is 15.5 Å². The van der Waals surface area contributed by atoms with Gasteiger partial charge in [0.15, 0.2) is 5.60 Å². The Balaban J connectivity index is 1.97. The summed E-state index contributed by atoms with van der Waals surface area (Å²) in [5.41, 5.74) is -0.676. The first kappa shape index (κ1) is 12.5. The zero-order valence-electron chi connectivity index (χ0n) is 9.86. The first-order chi connectivity index (χ1) is 9.08. The van der Waals surface area contributed by atoms with E-state index >= 15 is 0 Å². The van der Waals surface area contributed by atoms with Crippen molar-refractivity contribution in [2.45, 2.75) is 12.0 Å². The predicted octanol–water partition coefficient (Wildman–Crippen LogP) is 1.71. The molecule has 1 aliphatic heterocycles. The molecular formula is C12H11ClFN3O2. The molecule has 1 unspecified atom stereocenters. The summed E-state index contributed by atoms with van der Waals surface area (Å²) in [7, 11) is 0. The molecule has 0 amide bonds. The van der Waals surface area contributed by atoms with Crippen LogP contribution < -0.4 is 5.32 Å². The number of hydrogen-bond donors (Lipinski definition) is 2. The topological polar surface area (TPSA) is 71.2 Å². The molecule has 1 aliphatic rings. The molecule has 7 heteroatoms. The Morgan fingerprint density at radius 2 is 2.32 bits per heavy atom. The second-order valence-electron chi connectivity index (χ2n) is 4.51. The summed E-state index contributed by atoms with van der Waals surface area (Å²) in [5.74, 6) is -0.0516. The minimum Gasteiger partial charge on any atom is -0.379 e. The smallest absolute Gasteiger partial charge is 0.260 e. The first-order valence-electron chi connectivity index (χ1n) is 5.81. The van der Waals surface area contributed by atoms with Gasteiger partial charge in [-0.25, -0.2) is 4.39 Å². The summed E-state index contributed by atoms with van der Waals surface area (Å²) in [5, 5.41) is 17.3. The molecule has 1 aromatic heterocycles. The lowest BCUT2D eigenvalue weighted by molar-refractivity contribution is 0.0243. The highest BCUT2D eigenvalue weighted by atomic mass is 35.5. The Labute approximate surface area is 113 Å². The Morgan fingerprint density at radius 3 is 3.00 bits per heavy atom. The van der Waals surface area contributed by atoms with Crippen LogP contribution in [0, 0.1) is 5.82 Å². The van der Waals surface area contributed by atoms with E-state index in [2.05, 4.69) is 15.5 Å². The Morgan fingerprint density at radius 1 is 1.47 bits per heavy atom. The van der Waals surface area contributed by atoms with E-state index in [1.54, 1.807) is 0 Å². The molecule has 0 spiro atoms. The predicted molar refractivity (Wildman–Crippen MR) is 66.1 cm³/mol. The standard InChI is InChI=1S/C12H11ClFN3O2/c13-9-5-7(14)1-2-8(9)10-16-11(19-17-10)12(18)3-4-15-6-12/h1-2,5,15,18H,3-4,6H2. The molecule has 0 radical (unpaired) electrons. The normalized spacial score (nSPS) is 22.9. The van der Waals surface area contributed by atoms with Crippen LogP contribution in [0.1, 0.15) is 12.3 Å². The molecule has 100 valence electrons. The van der Waals surface area contributed by atoms with Crippen molar-refractivity contribution in [1.29, 1.82) is 0 Å². The minimum atomic E-state index is -1.14. The van der Waals surface area contributed by atoms with Gasteiger partial charge in [-0.1, -0.05) is 16.8 Å². The van der Waals surface area contributed by atoms with E-state index in [1.165, 1.54) is 18.2 Å². The molecule has 3 rings (SSSR count). The van der Waals surface area contributed by atoms with Crippen molar-refractivity contribution in [3.05, 3.63) is 34.9 Å². The maximum Gasteiger partial charge on any atom is 0.260 e. The van der Waals surface area contributed by atoms with Crippen LogP contribution in [0.25, 0.3) is 11.4 Å². The van der Waals surface area contributed by atoms with E-state index in [-0.39, 0.29) is 16.7 Å². The molecule has 0 saturated carbocycles. The van der Waals surface area contributed by atoms with Gasteiger partial charge in [-0.05, 0) is 31.2 Å². The number of aromatic nitrogens is 2. The molecule has 2 N–H and O–H groups in total. The van der Waals surface area contributed by atoms with Gasteiger partial charge in [0, 0.05) is 12.1 Å². The van der Waals surface area contributed by atoms with Gasteiger partial charge in [-0.15, -0.1) is 0 Å². The highest BCUT2D eigenvalue weighted by molar-refractivity contribution is 6.33. The van der Waals surface area contributed by atoms with Gasteiger partial charge in [0.2, 0.25) is 5.82 Å². The average Bonchev–Trinajstić information content (AvgIpc) is 2.99. The number of nitrogens with zero attached hydrogens (tertiary/aromatic N) is 2. The van der Waals surface area contributed by atoms with Gasteiger partial charge >= 0.3 is 0 Å². The number of nitrogens with one attached hydrogen (secondary N) is 1. The molecule has 2 heterocycles. The fourth-order valence-electron chi connectivity index (χ4n) is 2.05. The lowest BCUT2D eigenvalue weighted by Gasteiger charge is -2.14. The van der Waals surface area contributed by atoms with E-state index in [0.717, 1.165) is 0 Å².